The minimum absolute atomic E-state index is 1.07. The predicted molar refractivity (Wildman–Crippen MR) is 534 cm³/mol. The standard InChI is InChI=1S/C42H28N2S.C40H25NS2.C32H21NS/c1-3-11-28(12-4-1)29-19-21-30(22-20-29)36-26-32(27-38-35-16-8-10-18-41(35)45-42(36)38)43-31-23-24-40-37(25-31)34-15-7-9-17-39(34)44(40)33-13-5-2-6-14-33;1-2-11-29-25(9-1)10-7-15-31(29)34-23-28(24-35-32-12-3-5-16-36(32)43-40(34)35)41-27-21-19-26(20-22-27)30-14-8-18-38-39(30)33-13-4-6-17-37(33)42-38;1-2-10-26(11-3-1)33-27-19-29(32-30(20-27)28-12-6-7-13-31(28)34-32)24-15-14-23-16-21-8-4-5-9-22(21)17-25(23)18-24/h1-27,43H;1-24,41H;1-20,33H. The number of fused-ring (bicyclic) bond motifs is 18. The van der Waals surface area contributed by atoms with Crippen LogP contribution in [0.3, 0.4) is 0 Å². The van der Waals surface area contributed by atoms with Crippen molar-refractivity contribution in [2.45, 2.75) is 0 Å². The van der Waals surface area contributed by atoms with Gasteiger partial charge in [-0.1, -0.05) is 285 Å². The van der Waals surface area contributed by atoms with Crippen molar-refractivity contribution in [3.63, 3.8) is 0 Å². The molecule has 0 fully saturated rings. The van der Waals surface area contributed by atoms with E-state index in [1.165, 1.54) is 196 Å². The average molecular weight is 1630 g/mol. The second-order valence-electron chi connectivity index (χ2n) is 31.2. The number of nitrogens with zero attached hydrogens (tertiary/aromatic N) is 1. The van der Waals surface area contributed by atoms with Gasteiger partial charge in [0, 0.05) is 148 Å². The van der Waals surface area contributed by atoms with E-state index in [0.29, 0.717) is 0 Å². The molecule has 0 spiro atoms. The molecular weight excluding hydrogens is 1550 g/mol. The van der Waals surface area contributed by atoms with Crippen LogP contribution in [0.25, 0.3) is 196 Å². The molecule has 574 valence electrons. The third kappa shape index (κ3) is 13.4. The molecule has 20 aromatic carbocycles. The summed E-state index contributed by atoms with van der Waals surface area (Å²) >= 11 is 7.50. The molecule has 0 amide bonds. The topological polar surface area (TPSA) is 41.0 Å². The number of hydrogen-bond acceptors (Lipinski definition) is 7. The van der Waals surface area contributed by atoms with E-state index < -0.39 is 0 Å². The highest BCUT2D eigenvalue weighted by Gasteiger charge is 2.21. The summed E-state index contributed by atoms with van der Waals surface area (Å²) < 4.78 is 12.9. The van der Waals surface area contributed by atoms with Gasteiger partial charge in [0.15, 0.2) is 0 Å². The van der Waals surface area contributed by atoms with E-state index in [0.717, 1.165) is 34.1 Å². The van der Waals surface area contributed by atoms with Crippen molar-refractivity contribution in [1.29, 1.82) is 0 Å². The van der Waals surface area contributed by atoms with Crippen LogP contribution in [0.2, 0.25) is 0 Å². The number of nitrogens with one attached hydrogen (secondary N) is 3. The zero-order valence-corrected chi connectivity index (χ0v) is 69.3. The van der Waals surface area contributed by atoms with Gasteiger partial charge in [0.1, 0.15) is 0 Å². The normalized spacial score (nSPS) is 11.6. The number of thiophene rings is 4. The molecular formula is C114H74N4S4. The minimum Gasteiger partial charge on any atom is -0.355 e. The summed E-state index contributed by atoms with van der Waals surface area (Å²) in [6.07, 6.45) is 0. The minimum atomic E-state index is 1.07. The SMILES string of the molecule is c1ccc(-c2ccc(-c3cc(Nc4ccc5c(c4)c4ccccc4n5-c4ccccc4)cc4c3sc3ccccc34)cc2)cc1.c1ccc(Nc2cc(-c3ccc4cc5ccccc5cc4c3)c3sc4ccccc4c3c2)cc1.c1ccc2c(-c3cc(Nc4ccc(-c5cccc6sc7ccccc7c56)cc4)cc4c3sc3ccccc34)cccc2c1. The molecule has 25 rings (SSSR count). The van der Waals surface area contributed by atoms with Gasteiger partial charge in [0.25, 0.3) is 0 Å². The number of benzene rings is 20. The predicted octanol–water partition coefficient (Wildman–Crippen LogP) is 34.7. The van der Waals surface area contributed by atoms with Gasteiger partial charge >= 0.3 is 0 Å². The fourth-order valence-corrected chi connectivity index (χ4v) is 22.8. The average Bonchev–Trinajstić information content (AvgIpc) is 1.62. The Kier molecular flexibility index (Phi) is 18.3. The molecule has 3 N–H and O–H groups in total. The summed E-state index contributed by atoms with van der Waals surface area (Å²) in [6, 6.07) is 156. The maximum Gasteiger partial charge on any atom is 0.0542 e. The highest BCUT2D eigenvalue weighted by Crippen LogP contribution is 2.49. The van der Waals surface area contributed by atoms with Crippen LogP contribution in [0.4, 0.5) is 34.1 Å². The van der Waals surface area contributed by atoms with E-state index in [4.69, 9.17) is 0 Å². The van der Waals surface area contributed by atoms with Gasteiger partial charge in [-0.2, -0.15) is 0 Å². The van der Waals surface area contributed by atoms with Crippen LogP contribution in [-0.4, -0.2) is 4.57 Å². The van der Waals surface area contributed by atoms with Crippen molar-refractivity contribution in [2.75, 3.05) is 16.0 Å². The number of aromatic nitrogens is 1. The molecule has 0 saturated heterocycles. The van der Waals surface area contributed by atoms with Gasteiger partial charge in [-0.05, 0) is 217 Å². The van der Waals surface area contributed by atoms with Crippen LogP contribution in [0.5, 0.6) is 0 Å². The Labute approximate surface area is 721 Å². The Morgan fingerprint density at radius 1 is 0.172 bits per heavy atom. The van der Waals surface area contributed by atoms with Gasteiger partial charge in [0.05, 0.1) is 11.0 Å². The Hall–Kier alpha value is -14.7. The van der Waals surface area contributed by atoms with E-state index in [1.54, 1.807) is 0 Å². The Bertz CT molecular complexity index is 8340. The highest BCUT2D eigenvalue weighted by atomic mass is 32.1. The molecule has 0 bridgehead atoms. The van der Waals surface area contributed by atoms with Crippen molar-refractivity contribution in [3.05, 3.63) is 431 Å². The second-order valence-corrected chi connectivity index (χ2v) is 35.5. The zero-order chi connectivity index (χ0) is 80.6. The molecule has 4 nitrogen and oxygen atoms in total. The van der Waals surface area contributed by atoms with Crippen LogP contribution in [-0.2, 0) is 0 Å². The largest absolute Gasteiger partial charge is 0.355 e. The van der Waals surface area contributed by atoms with Crippen molar-refractivity contribution in [2.24, 2.45) is 0 Å². The maximum absolute atomic E-state index is 3.80. The number of para-hydroxylation sites is 3. The van der Waals surface area contributed by atoms with Crippen molar-refractivity contribution in [1.82, 2.24) is 4.57 Å². The lowest BCUT2D eigenvalue weighted by molar-refractivity contribution is 1.18. The van der Waals surface area contributed by atoms with E-state index in [1.807, 2.05) is 51.4 Å². The quantitative estimate of drug-likeness (QED) is 0.107. The number of rotatable bonds is 12. The van der Waals surface area contributed by atoms with Gasteiger partial charge in [-0.25, -0.2) is 0 Å². The first-order chi connectivity index (χ1) is 60.4. The van der Waals surface area contributed by atoms with E-state index >= 15 is 0 Å². The Balaban J connectivity index is 0.000000107. The van der Waals surface area contributed by atoms with Crippen molar-refractivity contribution in [3.8, 4) is 61.3 Å². The molecule has 0 aliphatic carbocycles. The molecule has 5 aromatic heterocycles. The van der Waals surface area contributed by atoms with E-state index in [-0.39, 0.29) is 0 Å². The third-order valence-corrected chi connectivity index (χ3v) is 28.6. The summed E-state index contributed by atoms with van der Waals surface area (Å²) in [5.74, 6) is 0. The second kappa shape index (κ2) is 30.9. The highest BCUT2D eigenvalue weighted by molar-refractivity contribution is 7.27. The van der Waals surface area contributed by atoms with Crippen LogP contribution in [0.15, 0.2) is 431 Å². The lowest BCUT2D eigenvalue weighted by atomic mass is 9.96. The van der Waals surface area contributed by atoms with Gasteiger partial charge < -0.3 is 20.5 Å². The van der Waals surface area contributed by atoms with Crippen LogP contribution < -0.4 is 16.0 Å². The first kappa shape index (κ1) is 72.5. The van der Waals surface area contributed by atoms with Gasteiger partial charge in [-0.3, -0.25) is 0 Å². The fourth-order valence-electron chi connectivity index (χ4n) is 18.0. The molecule has 0 unspecified atom stereocenters. The molecule has 25 aromatic rings. The first-order valence-corrected chi connectivity index (χ1v) is 44.6. The third-order valence-electron chi connectivity index (χ3n) is 23.8. The summed E-state index contributed by atoms with van der Waals surface area (Å²) in [4.78, 5) is 0. The summed E-state index contributed by atoms with van der Waals surface area (Å²) in [5, 5.41) is 31.8. The van der Waals surface area contributed by atoms with Crippen LogP contribution in [0.1, 0.15) is 0 Å². The molecule has 0 atom stereocenters. The monoisotopic (exact) mass is 1630 g/mol. The lowest BCUT2D eigenvalue weighted by Gasteiger charge is -2.13. The summed E-state index contributed by atoms with van der Waals surface area (Å²) in [6.45, 7) is 0. The van der Waals surface area contributed by atoms with Crippen LogP contribution >= 0.6 is 45.3 Å². The van der Waals surface area contributed by atoms with Crippen molar-refractivity contribution >= 4 is 214 Å². The Morgan fingerprint density at radius 2 is 0.566 bits per heavy atom. The molecule has 0 aliphatic rings. The first-order valence-electron chi connectivity index (χ1n) is 41.3. The van der Waals surface area contributed by atoms with E-state index in [2.05, 4.69) is 445 Å². The molecule has 0 aliphatic heterocycles. The molecule has 0 saturated carbocycles. The number of anilines is 6. The van der Waals surface area contributed by atoms with Gasteiger partial charge in [0.2, 0.25) is 0 Å². The Morgan fingerprint density at radius 3 is 1.20 bits per heavy atom. The van der Waals surface area contributed by atoms with E-state index in [9.17, 15) is 0 Å². The molecule has 122 heavy (non-hydrogen) atoms. The maximum atomic E-state index is 3.80. The fraction of sp³-hybridized carbons (Fsp3) is 0. The van der Waals surface area contributed by atoms with Crippen LogP contribution in [0, 0.1) is 0 Å². The van der Waals surface area contributed by atoms with Gasteiger partial charge in [-0.15, -0.1) is 45.3 Å². The van der Waals surface area contributed by atoms with Crippen molar-refractivity contribution < 1.29 is 0 Å². The molecule has 8 heteroatoms. The number of hydrogen-bond donors (Lipinski definition) is 3. The smallest absolute Gasteiger partial charge is 0.0542 e. The summed E-state index contributed by atoms with van der Waals surface area (Å²) in [7, 11) is 0. The lowest BCUT2D eigenvalue weighted by Crippen LogP contribution is -1.94. The molecule has 5 heterocycles. The molecule has 0 radical (unpaired) electrons. The zero-order valence-electron chi connectivity index (χ0n) is 66.1. The summed E-state index contributed by atoms with van der Waals surface area (Å²) in [5.41, 5.74) is 22.6.